The van der Waals surface area contributed by atoms with Crippen LogP contribution in [-0.2, 0) is 0 Å². The summed E-state index contributed by atoms with van der Waals surface area (Å²) in [6.45, 7) is 6.26. The first kappa shape index (κ1) is 6.14. The number of hydrogen-bond acceptors (Lipinski definition) is 2. The van der Waals surface area contributed by atoms with Crippen molar-refractivity contribution in [1.82, 2.24) is 0 Å². The van der Waals surface area contributed by atoms with Crippen LogP contribution in [0.15, 0.2) is 5.57 Å². The lowest BCUT2D eigenvalue weighted by atomic mass is 10.4. The van der Waals surface area contributed by atoms with E-state index in [1.807, 2.05) is 0 Å². The summed E-state index contributed by atoms with van der Waals surface area (Å²) >= 11 is 0. The van der Waals surface area contributed by atoms with Crippen LogP contribution in [0.4, 0.5) is 0 Å². The van der Waals surface area contributed by atoms with Gasteiger partial charge in [0, 0.05) is 4.92 Å². The Morgan fingerprint density at radius 3 is 2.43 bits per heavy atom. The largest absolute Gasteiger partial charge is 0.264 e. The van der Waals surface area contributed by atoms with Gasteiger partial charge in [-0.1, -0.05) is 6.58 Å². The smallest absolute Gasteiger partial charge is 0.225 e. The third-order valence-electron chi connectivity index (χ3n) is 0.379. The second-order valence-corrected chi connectivity index (χ2v) is 1.34. The van der Waals surface area contributed by atoms with Crippen molar-refractivity contribution in [3.8, 4) is 0 Å². The molecule has 0 aromatic rings. The first-order valence-electron chi connectivity index (χ1n) is 1.82. The van der Waals surface area contributed by atoms with Crippen LogP contribution in [0.25, 0.3) is 0 Å². The Hall–Kier alpha value is -0.860. The van der Waals surface area contributed by atoms with Crippen molar-refractivity contribution >= 4 is 0 Å². The molecule has 7 heavy (non-hydrogen) atoms. The highest BCUT2D eigenvalue weighted by Crippen LogP contribution is 1.83. The van der Waals surface area contributed by atoms with Crippen LogP contribution in [-0.4, -0.2) is 11.5 Å². The number of rotatable bonds is 2. The molecule has 0 saturated heterocycles. The minimum Gasteiger partial charge on any atom is -0.264 e. The maximum atomic E-state index is 9.51. The molecule has 0 bridgehead atoms. The Kier molecular flexibility index (Phi) is 2.05. The molecule has 39 valence electrons. The molecule has 3 nitrogen and oxygen atoms in total. The van der Waals surface area contributed by atoms with Crippen molar-refractivity contribution in [1.29, 1.82) is 0 Å². The Morgan fingerprint density at radius 2 is 2.43 bits per heavy atom. The van der Waals surface area contributed by atoms with E-state index in [-0.39, 0.29) is 6.54 Å². The molecule has 0 saturated carbocycles. The van der Waals surface area contributed by atoms with E-state index in [1.165, 1.54) is 6.92 Å². The molecule has 3 heteroatoms. The van der Waals surface area contributed by atoms with Crippen LogP contribution in [0.1, 0.15) is 6.92 Å². The van der Waals surface area contributed by atoms with Crippen LogP contribution in [0, 0.1) is 16.7 Å². The molecular weight excluding hydrogens is 94.0 g/mol. The fourth-order valence-corrected chi connectivity index (χ4v) is 0.204. The van der Waals surface area contributed by atoms with Crippen molar-refractivity contribution in [3.05, 3.63) is 22.3 Å². The highest BCUT2D eigenvalue weighted by atomic mass is 16.6. The summed E-state index contributed by atoms with van der Waals surface area (Å²) in [5.74, 6) is 0. The van der Waals surface area contributed by atoms with Gasteiger partial charge in [0.1, 0.15) is 0 Å². The molecule has 0 aliphatic rings. The van der Waals surface area contributed by atoms with Gasteiger partial charge in [-0.15, -0.1) is 0 Å². The van der Waals surface area contributed by atoms with E-state index in [0.29, 0.717) is 5.57 Å². The SMILES string of the molecule is [CH]=C(C)C[N+](=O)[O-]. The normalized spacial score (nSPS) is 8.14. The van der Waals surface area contributed by atoms with E-state index in [0.717, 1.165) is 0 Å². The van der Waals surface area contributed by atoms with Gasteiger partial charge in [-0.3, -0.25) is 10.1 Å². The van der Waals surface area contributed by atoms with Crippen molar-refractivity contribution in [2.75, 3.05) is 6.54 Å². The predicted octanol–water partition coefficient (Wildman–Crippen LogP) is 0.642. The van der Waals surface area contributed by atoms with Gasteiger partial charge in [0.25, 0.3) is 0 Å². The van der Waals surface area contributed by atoms with Crippen molar-refractivity contribution < 1.29 is 4.92 Å². The maximum Gasteiger partial charge on any atom is 0.225 e. The summed E-state index contributed by atoms with van der Waals surface area (Å²) in [5, 5.41) is 9.51. The van der Waals surface area contributed by atoms with Crippen LogP contribution >= 0.6 is 0 Å². The molecule has 0 heterocycles. The average molecular weight is 100 g/mol. The van der Waals surface area contributed by atoms with E-state index in [9.17, 15) is 10.1 Å². The molecule has 0 aliphatic heterocycles. The lowest BCUT2D eigenvalue weighted by molar-refractivity contribution is -0.470. The van der Waals surface area contributed by atoms with E-state index >= 15 is 0 Å². The first-order chi connectivity index (χ1) is 3.13. The second-order valence-electron chi connectivity index (χ2n) is 1.34. The first-order valence-corrected chi connectivity index (χ1v) is 1.82. The molecule has 0 fully saturated rings. The summed E-state index contributed by atoms with van der Waals surface area (Å²) in [6, 6.07) is 0. The third kappa shape index (κ3) is 5.14. The highest BCUT2D eigenvalue weighted by Gasteiger charge is 1.92. The van der Waals surface area contributed by atoms with Gasteiger partial charge >= 0.3 is 0 Å². The number of nitro groups is 1. The molecule has 0 aliphatic carbocycles. The molecular formula is C4H6NO2. The van der Waals surface area contributed by atoms with Crippen LogP contribution in [0.3, 0.4) is 0 Å². The third-order valence-corrected chi connectivity index (χ3v) is 0.379. The van der Waals surface area contributed by atoms with Gasteiger partial charge in [-0.25, -0.2) is 0 Å². The zero-order valence-electron chi connectivity index (χ0n) is 4.05. The van der Waals surface area contributed by atoms with Gasteiger partial charge in [0.05, 0.1) is 0 Å². The van der Waals surface area contributed by atoms with Crippen LogP contribution in [0.2, 0.25) is 0 Å². The minimum absolute atomic E-state index is 0.222. The fourth-order valence-electron chi connectivity index (χ4n) is 0.204. The Labute approximate surface area is 41.8 Å². The monoisotopic (exact) mass is 100 g/mol. The molecule has 0 unspecified atom stereocenters. The lowest BCUT2D eigenvalue weighted by Gasteiger charge is -1.85. The lowest BCUT2D eigenvalue weighted by Crippen LogP contribution is -1.99. The maximum absolute atomic E-state index is 9.51. The van der Waals surface area contributed by atoms with Crippen molar-refractivity contribution in [3.63, 3.8) is 0 Å². The average Bonchev–Trinajstić information content (AvgIpc) is 1.27. The van der Waals surface area contributed by atoms with Crippen LogP contribution < -0.4 is 0 Å². The topological polar surface area (TPSA) is 43.1 Å². The van der Waals surface area contributed by atoms with E-state index in [4.69, 9.17) is 6.58 Å². The van der Waals surface area contributed by atoms with E-state index < -0.39 is 4.92 Å². The van der Waals surface area contributed by atoms with E-state index in [1.54, 1.807) is 0 Å². The summed E-state index contributed by atoms with van der Waals surface area (Å²) in [4.78, 5) is 9.05. The van der Waals surface area contributed by atoms with Crippen molar-refractivity contribution in [2.24, 2.45) is 0 Å². The Balaban J connectivity index is 3.32. The summed E-state index contributed by atoms with van der Waals surface area (Å²) < 4.78 is 0. The zero-order chi connectivity index (χ0) is 5.86. The number of hydrogen-bond donors (Lipinski definition) is 0. The molecule has 0 spiro atoms. The summed E-state index contributed by atoms with van der Waals surface area (Å²) in [6.07, 6.45) is 0. The highest BCUT2D eigenvalue weighted by molar-refractivity contribution is 4.82. The van der Waals surface area contributed by atoms with Gasteiger partial charge in [0.2, 0.25) is 6.54 Å². The quantitative estimate of drug-likeness (QED) is 0.377. The molecule has 0 amide bonds. The summed E-state index contributed by atoms with van der Waals surface area (Å²) in [7, 11) is 0. The molecule has 0 N–H and O–H groups in total. The van der Waals surface area contributed by atoms with Gasteiger partial charge in [-0.2, -0.15) is 0 Å². The van der Waals surface area contributed by atoms with Gasteiger partial charge in [-0.05, 0) is 12.5 Å². The second kappa shape index (κ2) is 2.34. The molecule has 0 aromatic heterocycles. The molecule has 0 aromatic carbocycles. The summed E-state index contributed by atoms with van der Waals surface area (Å²) in [5.41, 5.74) is 0.338. The molecule has 0 atom stereocenters. The molecule has 1 radical (unpaired) electrons. The predicted molar refractivity (Wildman–Crippen MR) is 25.3 cm³/mol. The van der Waals surface area contributed by atoms with Crippen molar-refractivity contribution in [2.45, 2.75) is 6.92 Å². The Bertz CT molecular complexity index is 85.9. The fraction of sp³-hybridized carbons (Fsp3) is 0.500. The van der Waals surface area contributed by atoms with Gasteiger partial charge < -0.3 is 0 Å². The Morgan fingerprint density at radius 1 is 2.00 bits per heavy atom. The van der Waals surface area contributed by atoms with Gasteiger partial charge in [0.15, 0.2) is 0 Å². The molecule has 0 rings (SSSR count). The van der Waals surface area contributed by atoms with Crippen LogP contribution in [0.5, 0.6) is 0 Å². The standard InChI is InChI=1S/C4H6NO2/c1-4(2)3-5(6)7/h1H,3H2,2H3. The van der Waals surface area contributed by atoms with E-state index in [2.05, 4.69) is 0 Å². The zero-order valence-corrected chi connectivity index (χ0v) is 4.05. The number of nitrogens with zero attached hydrogens (tertiary/aromatic N) is 1. The minimum atomic E-state index is -0.463.